The Hall–Kier alpha value is 0.0864. The number of carbonyl (C=O) groups is 1. The van der Waals surface area contributed by atoms with Crippen molar-refractivity contribution in [3.8, 4) is 0 Å². The Balaban J connectivity index is 0.00000484. The monoisotopic (exact) mass is 347 g/mol. The van der Waals surface area contributed by atoms with Crippen molar-refractivity contribution in [3.05, 3.63) is 29.8 Å². The standard InChI is InChI=1S/C18H29NO3.K.H/c20-15-9-7-5-3-1-2-4-6-8-14-19-17-12-10-16(11-13-17)18(21)22;;/h10-13,19-20H,1-9,14-15H2,(H,21,22);;. The molecule has 1 aromatic rings. The number of aromatic carboxylic acids is 1. The Morgan fingerprint density at radius 3 is 1.78 bits per heavy atom. The average Bonchev–Trinajstić information content (AvgIpc) is 2.53. The molecule has 3 N–H and O–H groups in total. The maximum absolute atomic E-state index is 10.7. The number of carboxylic acids is 1. The summed E-state index contributed by atoms with van der Waals surface area (Å²) >= 11 is 0. The van der Waals surface area contributed by atoms with Gasteiger partial charge in [-0.05, 0) is 37.1 Å². The van der Waals surface area contributed by atoms with Crippen molar-refractivity contribution < 1.29 is 15.0 Å². The molecule has 0 radical (unpaired) electrons. The number of aliphatic hydroxyl groups excluding tert-OH is 1. The molecule has 0 fully saturated rings. The number of aliphatic hydroxyl groups is 1. The topological polar surface area (TPSA) is 69.6 Å². The fourth-order valence-electron chi connectivity index (χ4n) is 2.44. The van der Waals surface area contributed by atoms with Crippen molar-refractivity contribution >= 4 is 63.0 Å². The predicted molar refractivity (Wildman–Crippen MR) is 97.7 cm³/mol. The second kappa shape index (κ2) is 15.6. The van der Waals surface area contributed by atoms with Crippen molar-refractivity contribution in [1.82, 2.24) is 0 Å². The summed E-state index contributed by atoms with van der Waals surface area (Å²) in [5, 5.41) is 20.8. The van der Waals surface area contributed by atoms with Crippen LogP contribution in [-0.4, -0.2) is 80.7 Å². The molecule has 0 saturated heterocycles. The van der Waals surface area contributed by atoms with Crippen LogP contribution in [-0.2, 0) is 0 Å². The number of hydrogen-bond acceptors (Lipinski definition) is 3. The Morgan fingerprint density at radius 1 is 0.826 bits per heavy atom. The number of benzene rings is 1. The molecule has 0 saturated carbocycles. The number of anilines is 1. The Labute approximate surface area is 182 Å². The van der Waals surface area contributed by atoms with E-state index in [9.17, 15) is 4.79 Å². The van der Waals surface area contributed by atoms with Crippen molar-refractivity contribution in [3.63, 3.8) is 0 Å². The van der Waals surface area contributed by atoms with Gasteiger partial charge in [0, 0.05) is 18.8 Å². The van der Waals surface area contributed by atoms with Gasteiger partial charge in [-0.1, -0.05) is 44.9 Å². The SMILES string of the molecule is O=C(O)c1ccc(NCCCCCCCCCCCO)cc1.[KH]. The summed E-state index contributed by atoms with van der Waals surface area (Å²) in [6.45, 7) is 1.26. The van der Waals surface area contributed by atoms with Crippen LogP contribution < -0.4 is 5.32 Å². The van der Waals surface area contributed by atoms with E-state index in [0.29, 0.717) is 12.2 Å². The average molecular weight is 348 g/mol. The van der Waals surface area contributed by atoms with Crippen LogP contribution in [0, 0.1) is 0 Å². The number of carboxylic acid groups (broad SMARTS) is 1. The first-order valence-corrected chi connectivity index (χ1v) is 8.42. The third-order valence-electron chi connectivity index (χ3n) is 3.80. The molecule has 5 heteroatoms. The van der Waals surface area contributed by atoms with Crippen molar-refractivity contribution in [2.45, 2.75) is 57.8 Å². The van der Waals surface area contributed by atoms with Gasteiger partial charge in [-0.15, -0.1) is 0 Å². The van der Waals surface area contributed by atoms with Crippen LogP contribution in [0.25, 0.3) is 0 Å². The first-order chi connectivity index (χ1) is 10.7. The van der Waals surface area contributed by atoms with E-state index in [0.717, 1.165) is 31.5 Å². The van der Waals surface area contributed by atoms with Crippen LogP contribution in [0.2, 0.25) is 0 Å². The predicted octanol–water partition coefficient (Wildman–Crippen LogP) is 3.65. The van der Waals surface area contributed by atoms with E-state index >= 15 is 0 Å². The summed E-state index contributed by atoms with van der Waals surface area (Å²) in [6, 6.07) is 6.88. The molecular weight excluding hydrogens is 317 g/mol. The maximum atomic E-state index is 10.7. The fraction of sp³-hybridized carbons (Fsp3) is 0.611. The van der Waals surface area contributed by atoms with Gasteiger partial charge in [0.1, 0.15) is 0 Å². The molecule has 0 aliphatic heterocycles. The van der Waals surface area contributed by atoms with Crippen molar-refractivity contribution in [2.75, 3.05) is 18.5 Å². The van der Waals surface area contributed by atoms with Gasteiger partial charge in [0.2, 0.25) is 0 Å². The molecule has 0 atom stereocenters. The summed E-state index contributed by atoms with van der Waals surface area (Å²) in [4.78, 5) is 10.7. The molecule has 0 heterocycles. The van der Waals surface area contributed by atoms with Crippen LogP contribution in [0.4, 0.5) is 5.69 Å². The summed E-state index contributed by atoms with van der Waals surface area (Å²) < 4.78 is 0. The molecule has 4 nitrogen and oxygen atoms in total. The van der Waals surface area contributed by atoms with E-state index < -0.39 is 5.97 Å². The molecule has 1 rings (SSSR count). The van der Waals surface area contributed by atoms with Gasteiger partial charge < -0.3 is 15.5 Å². The van der Waals surface area contributed by atoms with Gasteiger partial charge in [0.25, 0.3) is 0 Å². The summed E-state index contributed by atoms with van der Waals surface area (Å²) in [6.07, 6.45) is 10.9. The van der Waals surface area contributed by atoms with Crippen molar-refractivity contribution in [2.24, 2.45) is 0 Å². The Kier molecular flexibility index (Phi) is 15.7. The summed E-state index contributed by atoms with van der Waals surface area (Å²) in [7, 11) is 0. The summed E-state index contributed by atoms with van der Waals surface area (Å²) in [5.41, 5.74) is 1.30. The van der Waals surface area contributed by atoms with Crippen LogP contribution >= 0.6 is 0 Å². The van der Waals surface area contributed by atoms with Crippen LogP contribution in [0.3, 0.4) is 0 Å². The quantitative estimate of drug-likeness (QED) is 0.376. The minimum absolute atomic E-state index is 0. The molecule has 0 bridgehead atoms. The van der Waals surface area contributed by atoms with Gasteiger partial charge in [-0.2, -0.15) is 0 Å². The number of unbranched alkanes of at least 4 members (excludes halogenated alkanes) is 8. The third-order valence-corrected chi connectivity index (χ3v) is 3.80. The molecule has 23 heavy (non-hydrogen) atoms. The molecule has 126 valence electrons. The Bertz CT molecular complexity index is 409. The van der Waals surface area contributed by atoms with E-state index in [1.54, 1.807) is 12.1 Å². The van der Waals surface area contributed by atoms with Gasteiger partial charge in [0.15, 0.2) is 0 Å². The molecule has 0 aliphatic carbocycles. The zero-order valence-electron chi connectivity index (χ0n) is 13.4. The van der Waals surface area contributed by atoms with Crippen molar-refractivity contribution in [1.29, 1.82) is 0 Å². The van der Waals surface area contributed by atoms with E-state index in [2.05, 4.69) is 5.32 Å². The third kappa shape index (κ3) is 12.1. The molecule has 0 aliphatic rings. The van der Waals surface area contributed by atoms with E-state index in [1.807, 2.05) is 12.1 Å². The second-order valence-corrected chi connectivity index (χ2v) is 5.71. The number of hydrogen-bond donors (Lipinski definition) is 3. The molecule has 0 amide bonds. The normalized spacial score (nSPS) is 10.1. The Morgan fingerprint density at radius 2 is 1.30 bits per heavy atom. The van der Waals surface area contributed by atoms with E-state index in [1.165, 1.54) is 38.5 Å². The zero-order chi connectivity index (χ0) is 16.0. The van der Waals surface area contributed by atoms with Crippen LogP contribution in [0.15, 0.2) is 24.3 Å². The first-order valence-electron chi connectivity index (χ1n) is 8.42. The number of nitrogens with one attached hydrogen (secondary N) is 1. The van der Waals surface area contributed by atoms with Crippen LogP contribution in [0.5, 0.6) is 0 Å². The van der Waals surface area contributed by atoms with Gasteiger partial charge >= 0.3 is 57.4 Å². The number of rotatable bonds is 13. The minimum atomic E-state index is -0.886. The second-order valence-electron chi connectivity index (χ2n) is 5.71. The van der Waals surface area contributed by atoms with Gasteiger partial charge in [-0.3, -0.25) is 0 Å². The molecular formula is C18H30KNO3. The van der Waals surface area contributed by atoms with Gasteiger partial charge in [-0.25, -0.2) is 4.79 Å². The fourth-order valence-corrected chi connectivity index (χ4v) is 2.44. The van der Waals surface area contributed by atoms with Gasteiger partial charge in [0.05, 0.1) is 5.56 Å². The zero-order valence-corrected chi connectivity index (χ0v) is 13.4. The first kappa shape index (κ1) is 23.1. The van der Waals surface area contributed by atoms with E-state index in [-0.39, 0.29) is 51.4 Å². The van der Waals surface area contributed by atoms with E-state index in [4.69, 9.17) is 10.2 Å². The molecule has 0 unspecified atom stereocenters. The molecule has 0 spiro atoms. The summed E-state index contributed by atoms with van der Waals surface area (Å²) in [5.74, 6) is -0.886. The molecule has 1 aromatic carbocycles. The molecule has 0 aromatic heterocycles. The van der Waals surface area contributed by atoms with Crippen LogP contribution in [0.1, 0.15) is 68.1 Å².